The number of hydrogen-bond donors (Lipinski definition) is 1. The van der Waals surface area contributed by atoms with Crippen LogP contribution >= 0.6 is 0 Å². The smallest absolute Gasteiger partial charge is 0.303 e. The van der Waals surface area contributed by atoms with Crippen molar-refractivity contribution in [1.29, 1.82) is 0 Å². The van der Waals surface area contributed by atoms with Crippen LogP contribution < -0.4 is 0 Å². The number of nitrogens with zero attached hydrogens (tertiary/aromatic N) is 1. The summed E-state index contributed by atoms with van der Waals surface area (Å²) in [7, 11) is 0. The summed E-state index contributed by atoms with van der Waals surface area (Å²) in [4.78, 5) is 24.3. The monoisotopic (exact) mass is 255 g/mol. The molecule has 1 atom stereocenters. The first-order valence-corrected chi connectivity index (χ1v) is 6.82. The summed E-state index contributed by atoms with van der Waals surface area (Å²) in [5, 5.41) is 8.53. The predicted molar refractivity (Wildman–Crippen MR) is 70.2 cm³/mol. The molecule has 0 radical (unpaired) electrons. The van der Waals surface area contributed by atoms with Crippen LogP contribution in [0.3, 0.4) is 0 Å². The molecule has 1 aliphatic heterocycles. The molecule has 1 unspecified atom stereocenters. The second-order valence-electron chi connectivity index (χ2n) is 6.09. The molecule has 1 amide bonds. The van der Waals surface area contributed by atoms with Crippen molar-refractivity contribution >= 4 is 11.9 Å². The number of piperidine rings is 1. The summed E-state index contributed by atoms with van der Waals surface area (Å²) in [6.07, 6.45) is 2.98. The van der Waals surface area contributed by atoms with E-state index >= 15 is 0 Å². The molecule has 0 aromatic rings. The molecule has 0 aromatic heterocycles. The van der Waals surface area contributed by atoms with Gasteiger partial charge in [-0.2, -0.15) is 0 Å². The fraction of sp³-hybridized carbons (Fsp3) is 0.857. The van der Waals surface area contributed by atoms with Crippen molar-refractivity contribution in [3.8, 4) is 0 Å². The average Bonchev–Trinajstić information content (AvgIpc) is 2.27. The van der Waals surface area contributed by atoms with Crippen LogP contribution in [0.5, 0.6) is 0 Å². The maximum absolute atomic E-state index is 12.0. The minimum atomic E-state index is -0.782. The van der Waals surface area contributed by atoms with E-state index in [1.54, 1.807) is 0 Å². The summed E-state index contributed by atoms with van der Waals surface area (Å²) >= 11 is 0. The Kier molecular flexibility index (Phi) is 5.17. The third-order valence-electron chi connectivity index (χ3n) is 4.15. The van der Waals surface area contributed by atoms with E-state index in [0.717, 1.165) is 19.5 Å². The van der Waals surface area contributed by atoms with Crippen LogP contribution in [0.15, 0.2) is 0 Å². The molecular formula is C14H25NO3. The van der Waals surface area contributed by atoms with Crippen molar-refractivity contribution in [2.45, 2.75) is 52.9 Å². The van der Waals surface area contributed by atoms with Gasteiger partial charge in [-0.25, -0.2) is 0 Å². The standard InChI is InChI=1S/C14H25NO3/c1-11-8-9-15(10-14(11,2)3)12(16)6-4-5-7-13(17)18/h11H,4-10H2,1-3H3,(H,17,18). The van der Waals surface area contributed by atoms with E-state index in [9.17, 15) is 9.59 Å². The van der Waals surface area contributed by atoms with Crippen LogP contribution in [0.2, 0.25) is 0 Å². The molecule has 4 heteroatoms. The van der Waals surface area contributed by atoms with Crippen molar-refractivity contribution in [1.82, 2.24) is 4.90 Å². The highest BCUT2D eigenvalue weighted by molar-refractivity contribution is 5.76. The molecule has 18 heavy (non-hydrogen) atoms. The van der Waals surface area contributed by atoms with Gasteiger partial charge in [0.2, 0.25) is 5.91 Å². The Bertz CT molecular complexity index is 312. The van der Waals surface area contributed by atoms with Crippen LogP contribution in [0.25, 0.3) is 0 Å². The highest BCUT2D eigenvalue weighted by Gasteiger charge is 2.34. The number of carboxylic acids is 1. The molecule has 0 aromatic carbocycles. The Balaban J connectivity index is 2.32. The van der Waals surface area contributed by atoms with E-state index < -0.39 is 5.97 Å². The van der Waals surface area contributed by atoms with E-state index in [1.165, 1.54) is 0 Å². The van der Waals surface area contributed by atoms with E-state index in [1.807, 2.05) is 4.90 Å². The largest absolute Gasteiger partial charge is 0.481 e. The number of likely N-dealkylation sites (tertiary alicyclic amines) is 1. The second kappa shape index (κ2) is 6.21. The molecule has 0 bridgehead atoms. The van der Waals surface area contributed by atoms with Crippen molar-refractivity contribution in [2.75, 3.05) is 13.1 Å². The molecule has 1 heterocycles. The molecule has 0 saturated carbocycles. The Labute approximate surface area is 109 Å². The van der Waals surface area contributed by atoms with Gasteiger partial charge in [0.15, 0.2) is 0 Å². The zero-order chi connectivity index (χ0) is 13.8. The van der Waals surface area contributed by atoms with Gasteiger partial charge >= 0.3 is 5.97 Å². The Hall–Kier alpha value is -1.06. The number of hydrogen-bond acceptors (Lipinski definition) is 2. The normalized spacial score (nSPS) is 22.8. The minimum absolute atomic E-state index is 0.163. The highest BCUT2D eigenvalue weighted by atomic mass is 16.4. The SMILES string of the molecule is CC1CCN(C(=O)CCCCC(=O)O)CC1(C)C. The van der Waals surface area contributed by atoms with Gasteiger partial charge in [0.25, 0.3) is 0 Å². The highest BCUT2D eigenvalue weighted by Crippen LogP contribution is 2.34. The fourth-order valence-electron chi connectivity index (χ4n) is 2.39. The molecule has 1 rings (SSSR count). The lowest BCUT2D eigenvalue weighted by molar-refractivity contribution is -0.138. The lowest BCUT2D eigenvalue weighted by Crippen LogP contribution is -2.47. The topological polar surface area (TPSA) is 57.6 Å². The molecule has 1 saturated heterocycles. The molecule has 0 spiro atoms. The number of amides is 1. The predicted octanol–water partition coefficient (Wildman–Crippen LogP) is 2.53. The number of carbonyl (C=O) groups excluding carboxylic acids is 1. The van der Waals surface area contributed by atoms with Crippen molar-refractivity contribution in [2.24, 2.45) is 11.3 Å². The van der Waals surface area contributed by atoms with E-state index in [4.69, 9.17) is 5.11 Å². The number of aliphatic carboxylic acids is 1. The molecular weight excluding hydrogens is 230 g/mol. The lowest BCUT2D eigenvalue weighted by atomic mass is 9.75. The number of carbonyl (C=O) groups is 2. The van der Waals surface area contributed by atoms with Gasteiger partial charge in [-0.15, -0.1) is 0 Å². The summed E-state index contributed by atoms with van der Waals surface area (Å²) in [6, 6.07) is 0. The van der Waals surface area contributed by atoms with Gasteiger partial charge in [-0.3, -0.25) is 9.59 Å². The van der Waals surface area contributed by atoms with E-state index in [-0.39, 0.29) is 17.7 Å². The molecule has 1 fully saturated rings. The molecule has 104 valence electrons. The van der Waals surface area contributed by atoms with Gasteiger partial charge in [-0.05, 0) is 30.6 Å². The zero-order valence-corrected chi connectivity index (χ0v) is 11.7. The molecule has 4 nitrogen and oxygen atoms in total. The molecule has 0 aliphatic carbocycles. The van der Waals surface area contributed by atoms with Gasteiger partial charge in [0, 0.05) is 25.9 Å². The quantitative estimate of drug-likeness (QED) is 0.768. The van der Waals surface area contributed by atoms with Crippen molar-refractivity contribution in [3.05, 3.63) is 0 Å². The van der Waals surface area contributed by atoms with Gasteiger partial charge in [0.1, 0.15) is 0 Å². The minimum Gasteiger partial charge on any atom is -0.481 e. The first-order valence-electron chi connectivity index (χ1n) is 6.82. The third-order valence-corrected chi connectivity index (χ3v) is 4.15. The van der Waals surface area contributed by atoms with Crippen LogP contribution in [0, 0.1) is 11.3 Å². The fourth-order valence-corrected chi connectivity index (χ4v) is 2.39. The molecule has 1 aliphatic rings. The maximum Gasteiger partial charge on any atom is 0.303 e. The Morgan fingerprint density at radius 2 is 1.89 bits per heavy atom. The number of carboxylic acid groups (broad SMARTS) is 1. The van der Waals surface area contributed by atoms with E-state index in [2.05, 4.69) is 20.8 Å². The summed E-state index contributed by atoms with van der Waals surface area (Å²) in [6.45, 7) is 8.34. The van der Waals surface area contributed by atoms with Crippen LogP contribution in [0.1, 0.15) is 52.9 Å². The van der Waals surface area contributed by atoms with Crippen molar-refractivity contribution in [3.63, 3.8) is 0 Å². The number of rotatable bonds is 5. The average molecular weight is 255 g/mol. The maximum atomic E-state index is 12.0. The van der Waals surface area contributed by atoms with Crippen LogP contribution in [0.4, 0.5) is 0 Å². The van der Waals surface area contributed by atoms with Crippen LogP contribution in [-0.4, -0.2) is 35.0 Å². The summed E-state index contributed by atoms with van der Waals surface area (Å²) in [5.74, 6) is 0.0457. The summed E-state index contributed by atoms with van der Waals surface area (Å²) < 4.78 is 0. The Morgan fingerprint density at radius 3 is 2.44 bits per heavy atom. The van der Waals surface area contributed by atoms with Gasteiger partial charge in [-0.1, -0.05) is 20.8 Å². The lowest BCUT2D eigenvalue weighted by Gasteiger charge is -2.43. The van der Waals surface area contributed by atoms with Gasteiger partial charge < -0.3 is 10.0 Å². The first-order chi connectivity index (χ1) is 8.33. The second-order valence-corrected chi connectivity index (χ2v) is 6.09. The van der Waals surface area contributed by atoms with Crippen LogP contribution in [-0.2, 0) is 9.59 Å². The van der Waals surface area contributed by atoms with Gasteiger partial charge in [0.05, 0.1) is 0 Å². The first kappa shape index (κ1) is 15.0. The molecule has 1 N–H and O–H groups in total. The van der Waals surface area contributed by atoms with Crippen molar-refractivity contribution < 1.29 is 14.7 Å². The number of unbranched alkanes of at least 4 members (excludes halogenated alkanes) is 1. The third kappa shape index (κ3) is 4.31. The summed E-state index contributed by atoms with van der Waals surface area (Å²) in [5.41, 5.74) is 0.189. The Morgan fingerprint density at radius 1 is 1.28 bits per heavy atom. The van der Waals surface area contributed by atoms with E-state index in [0.29, 0.717) is 25.2 Å². The zero-order valence-electron chi connectivity index (χ0n) is 11.7.